The number of amides is 1. The van der Waals surface area contributed by atoms with Gasteiger partial charge in [-0.15, -0.1) is 13.2 Å². The minimum Gasteiger partial charge on any atom is -0.353 e. The fraction of sp³-hybridized carbons (Fsp3) is 0.875. The van der Waals surface area contributed by atoms with E-state index in [4.69, 9.17) is 0 Å². The summed E-state index contributed by atoms with van der Waals surface area (Å²) in [4.78, 5) is 11.0. The number of hydrogen-bond acceptors (Lipinski definition) is 3. The molecule has 0 aliphatic carbocycles. The molecule has 90 valence electrons. The van der Waals surface area contributed by atoms with Gasteiger partial charge in [0, 0.05) is 12.6 Å². The van der Waals surface area contributed by atoms with E-state index in [1.165, 1.54) is 0 Å². The molecule has 0 spiro atoms. The second-order valence-electron chi connectivity index (χ2n) is 3.19. The van der Waals surface area contributed by atoms with Gasteiger partial charge in [0.1, 0.15) is 0 Å². The zero-order valence-corrected chi connectivity index (χ0v) is 8.65. The van der Waals surface area contributed by atoms with E-state index in [0.29, 0.717) is 0 Å². The molecule has 0 aromatic carbocycles. The summed E-state index contributed by atoms with van der Waals surface area (Å²) in [5.74, 6) is -0.253. The molecule has 0 aliphatic rings. The Kier molecular flexibility index (Phi) is 6.26. The summed E-state index contributed by atoms with van der Waals surface area (Å²) in [6, 6.07) is 0.0192. The Hall–Kier alpha value is -0.820. The monoisotopic (exact) mass is 228 g/mol. The summed E-state index contributed by atoms with van der Waals surface area (Å²) in [7, 11) is 0. The Balaban J connectivity index is 3.35. The van der Waals surface area contributed by atoms with E-state index in [1.54, 1.807) is 13.8 Å². The number of carbonyl (C=O) groups excluding carboxylic acids is 1. The fourth-order valence-electron chi connectivity index (χ4n) is 0.814. The standard InChI is InChI=1S/C8H15F3N2O2/c1-6(2)13-7(14)5-12-3-4-15-8(9,10)11/h6,12H,3-5H2,1-2H3,(H,13,14). The number of nitrogens with one attached hydrogen (secondary N) is 2. The van der Waals surface area contributed by atoms with Crippen LogP contribution >= 0.6 is 0 Å². The van der Waals surface area contributed by atoms with Crippen molar-refractivity contribution in [2.24, 2.45) is 0 Å². The highest BCUT2D eigenvalue weighted by molar-refractivity contribution is 5.78. The second kappa shape index (κ2) is 6.62. The van der Waals surface area contributed by atoms with Crippen LogP contribution in [0.15, 0.2) is 0 Å². The first-order valence-electron chi connectivity index (χ1n) is 4.52. The van der Waals surface area contributed by atoms with E-state index in [1.807, 2.05) is 0 Å². The number of ether oxygens (including phenoxy) is 1. The van der Waals surface area contributed by atoms with E-state index in [0.717, 1.165) is 0 Å². The van der Waals surface area contributed by atoms with E-state index in [2.05, 4.69) is 15.4 Å². The van der Waals surface area contributed by atoms with Gasteiger partial charge in [-0.05, 0) is 13.8 Å². The van der Waals surface area contributed by atoms with Crippen LogP contribution < -0.4 is 10.6 Å². The predicted molar refractivity (Wildman–Crippen MR) is 48.2 cm³/mol. The van der Waals surface area contributed by atoms with Crippen LogP contribution in [0.2, 0.25) is 0 Å². The summed E-state index contributed by atoms with van der Waals surface area (Å²) in [6.45, 7) is 3.05. The zero-order valence-electron chi connectivity index (χ0n) is 8.65. The van der Waals surface area contributed by atoms with Crippen LogP contribution in [0.3, 0.4) is 0 Å². The normalized spacial score (nSPS) is 11.9. The van der Waals surface area contributed by atoms with Gasteiger partial charge in [-0.2, -0.15) is 0 Å². The van der Waals surface area contributed by atoms with E-state index < -0.39 is 13.0 Å². The van der Waals surface area contributed by atoms with Gasteiger partial charge in [0.2, 0.25) is 5.91 Å². The van der Waals surface area contributed by atoms with Gasteiger partial charge in [-0.25, -0.2) is 0 Å². The zero-order chi connectivity index (χ0) is 11.9. The van der Waals surface area contributed by atoms with Gasteiger partial charge in [-0.3, -0.25) is 9.53 Å². The molecule has 0 bridgehead atoms. The third-order valence-electron chi connectivity index (χ3n) is 1.28. The van der Waals surface area contributed by atoms with Crippen molar-refractivity contribution in [2.45, 2.75) is 26.3 Å². The highest BCUT2D eigenvalue weighted by Gasteiger charge is 2.28. The highest BCUT2D eigenvalue weighted by atomic mass is 19.4. The van der Waals surface area contributed by atoms with Crippen molar-refractivity contribution in [3.8, 4) is 0 Å². The number of rotatable bonds is 6. The molecule has 1 amide bonds. The first-order valence-corrected chi connectivity index (χ1v) is 4.52. The lowest BCUT2D eigenvalue weighted by molar-refractivity contribution is -0.323. The molecule has 15 heavy (non-hydrogen) atoms. The lowest BCUT2D eigenvalue weighted by Crippen LogP contribution is -2.38. The number of alkyl halides is 3. The quantitative estimate of drug-likeness (QED) is 0.656. The van der Waals surface area contributed by atoms with Gasteiger partial charge < -0.3 is 10.6 Å². The molecule has 0 aliphatic heterocycles. The summed E-state index contributed by atoms with van der Waals surface area (Å²) in [5, 5.41) is 5.11. The van der Waals surface area contributed by atoms with Crippen molar-refractivity contribution in [1.82, 2.24) is 10.6 Å². The molecule has 0 fully saturated rings. The molecule has 0 saturated heterocycles. The number of carbonyl (C=O) groups is 1. The second-order valence-corrected chi connectivity index (χ2v) is 3.19. The van der Waals surface area contributed by atoms with E-state index in [-0.39, 0.29) is 25.0 Å². The highest BCUT2D eigenvalue weighted by Crippen LogP contribution is 2.14. The predicted octanol–water partition coefficient (Wildman–Crippen LogP) is 0.637. The third-order valence-corrected chi connectivity index (χ3v) is 1.28. The van der Waals surface area contributed by atoms with E-state index in [9.17, 15) is 18.0 Å². The van der Waals surface area contributed by atoms with Crippen molar-refractivity contribution < 1.29 is 22.7 Å². The molecule has 0 atom stereocenters. The van der Waals surface area contributed by atoms with Crippen molar-refractivity contribution in [3.63, 3.8) is 0 Å². The average molecular weight is 228 g/mol. The topological polar surface area (TPSA) is 50.4 Å². The third kappa shape index (κ3) is 11.1. The number of halogens is 3. The largest absolute Gasteiger partial charge is 0.522 e. The van der Waals surface area contributed by atoms with Gasteiger partial charge in [-0.1, -0.05) is 0 Å². The maximum Gasteiger partial charge on any atom is 0.522 e. The van der Waals surface area contributed by atoms with Crippen LogP contribution in [0.4, 0.5) is 13.2 Å². The van der Waals surface area contributed by atoms with Crippen LogP contribution in [-0.4, -0.2) is 38.0 Å². The smallest absolute Gasteiger partial charge is 0.353 e. The Bertz CT molecular complexity index is 195. The first-order chi connectivity index (χ1) is 6.81. The Morgan fingerprint density at radius 2 is 2.00 bits per heavy atom. The minimum absolute atomic E-state index is 0.0145. The summed E-state index contributed by atoms with van der Waals surface area (Å²) >= 11 is 0. The lowest BCUT2D eigenvalue weighted by atomic mass is 10.4. The van der Waals surface area contributed by atoms with E-state index >= 15 is 0 Å². The van der Waals surface area contributed by atoms with Gasteiger partial charge in [0.05, 0.1) is 13.2 Å². The maximum atomic E-state index is 11.5. The minimum atomic E-state index is -4.61. The van der Waals surface area contributed by atoms with Crippen molar-refractivity contribution in [2.75, 3.05) is 19.7 Å². The molecular weight excluding hydrogens is 213 g/mol. The molecule has 2 N–H and O–H groups in total. The summed E-state index contributed by atoms with van der Waals surface area (Å²) in [6.07, 6.45) is -4.61. The van der Waals surface area contributed by atoms with Crippen LogP contribution in [0.25, 0.3) is 0 Å². The van der Waals surface area contributed by atoms with Crippen LogP contribution in [0, 0.1) is 0 Å². The first kappa shape index (κ1) is 14.2. The van der Waals surface area contributed by atoms with Gasteiger partial charge >= 0.3 is 6.36 Å². The molecule has 0 saturated carbocycles. The summed E-state index contributed by atoms with van der Waals surface area (Å²) < 4.78 is 38.0. The molecule has 0 aromatic rings. The lowest BCUT2D eigenvalue weighted by Gasteiger charge is -2.10. The van der Waals surface area contributed by atoms with Crippen molar-refractivity contribution in [1.29, 1.82) is 0 Å². The van der Waals surface area contributed by atoms with Gasteiger partial charge in [0.25, 0.3) is 0 Å². The Morgan fingerprint density at radius 1 is 1.40 bits per heavy atom. The van der Waals surface area contributed by atoms with Crippen LogP contribution in [0.1, 0.15) is 13.8 Å². The van der Waals surface area contributed by atoms with Crippen LogP contribution in [-0.2, 0) is 9.53 Å². The molecule has 4 nitrogen and oxygen atoms in total. The van der Waals surface area contributed by atoms with Crippen LogP contribution in [0.5, 0.6) is 0 Å². The average Bonchev–Trinajstić information content (AvgIpc) is 1.99. The molecule has 7 heteroatoms. The fourth-order valence-corrected chi connectivity index (χ4v) is 0.814. The molecular formula is C8H15F3N2O2. The summed E-state index contributed by atoms with van der Waals surface area (Å²) in [5.41, 5.74) is 0. The molecule has 0 aromatic heterocycles. The SMILES string of the molecule is CC(C)NC(=O)CNCCOC(F)(F)F. The molecule has 0 rings (SSSR count). The van der Waals surface area contributed by atoms with Crippen molar-refractivity contribution in [3.05, 3.63) is 0 Å². The Labute approximate surface area is 86.2 Å². The Morgan fingerprint density at radius 3 is 2.47 bits per heavy atom. The van der Waals surface area contributed by atoms with Gasteiger partial charge in [0.15, 0.2) is 0 Å². The maximum absolute atomic E-state index is 11.5. The number of hydrogen-bond donors (Lipinski definition) is 2. The molecule has 0 unspecified atom stereocenters. The van der Waals surface area contributed by atoms with Crippen molar-refractivity contribution >= 4 is 5.91 Å². The molecule has 0 radical (unpaired) electrons. The molecule has 0 heterocycles.